The van der Waals surface area contributed by atoms with Crippen LogP contribution in [0.3, 0.4) is 0 Å². The van der Waals surface area contributed by atoms with Gasteiger partial charge in [0.1, 0.15) is 0 Å². The fourth-order valence-electron chi connectivity index (χ4n) is 3.55. The molecule has 1 aliphatic heterocycles. The van der Waals surface area contributed by atoms with Crippen molar-refractivity contribution in [1.29, 1.82) is 0 Å². The Morgan fingerprint density at radius 2 is 1.74 bits per heavy atom. The van der Waals surface area contributed by atoms with E-state index in [1.54, 1.807) is 0 Å². The van der Waals surface area contributed by atoms with E-state index in [0.717, 1.165) is 24.9 Å². The standard InChI is InChI=1S/C16H30N2O/c1-13(2)12-14-8-10-18(11-9-14)16(19)17-15-6-4-3-5-7-15/h13-15H,3-12H2,1-2H3,(H,17,19). The van der Waals surface area contributed by atoms with Crippen LogP contribution >= 0.6 is 0 Å². The van der Waals surface area contributed by atoms with Gasteiger partial charge in [-0.2, -0.15) is 0 Å². The van der Waals surface area contributed by atoms with E-state index in [1.807, 2.05) is 4.90 Å². The van der Waals surface area contributed by atoms with E-state index < -0.39 is 0 Å². The van der Waals surface area contributed by atoms with Crippen LogP contribution in [0.2, 0.25) is 0 Å². The zero-order valence-electron chi connectivity index (χ0n) is 12.7. The van der Waals surface area contributed by atoms with Crippen molar-refractivity contribution in [2.45, 2.75) is 71.3 Å². The molecule has 110 valence electrons. The number of carbonyl (C=O) groups excluding carboxylic acids is 1. The SMILES string of the molecule is CC(C)CC1CCN(C(=O)NC2CCCCC2)CC1. The minimum absolute atomic E-state index is 0.190. The third-order valence-electron chi connectivity index (χ3n) is 4.64. The molecule has 1 N–H and O–H groups in total. The normalized spacial score (nSPS) is 22.8. The lowest BCUT2D eigenvalue weighted by Crippen LogP contribution is -2.48. The van der Waals surface area contributed by atoms with Gasteiger partial charge in [-0.3, -0.25) is 0 Å². The van der Waals surface area contributed by atoms with Crippen LogP contribution in [0.15, 0.2) is 0 Å². The van der Waals surface area contributed by atoms with Gasteiger partial charge in [0.05, 0.1) is 0 Å². The summed E-state index contributed by atoms with van der Waals surface area (Å²) < 4.78 is 0. The lowest BCUT2D eigenvalue weighted by molar-refractivity contribution is 0.158. The molecule has 0 radical (unpaired) electrons. The quantitative estimate of drug-likeness (QED) is 0.828. The minimum Gasteiger partial charge on any atom is -0.335 e. The molecule has 0 aromatic carbocycles. The molecule has 0 unspecified atom stereocenters. The lowest BCUT2D eigenvalue weighted by atomic mass is 9.89. The van der Waals surface area contributed by atoms with Crippen molar-refractivity contribution >= 4 is 6.03 Å². The van der Waals surface area contributed by atoms with Gasteiger partial charge in [0.25, 0.3) is 0 Å². The number of nitrogens with one attached hydrogen (secondary N) is 1. The molecule has 1 saturated carbocycles. The second-order valence-corrected chi connectivity index (χ2v) is 6.84. The van der Waals surface area contributed by atoms with Crippen LogP contribution in [0.1, 0.15) is 65.2 Å². The maximum atomic E-state index is 12.2. The zero-order valence-corrected chi connectivity index (χ0v) is 12.7. The molecule has 0 aromatic heterocycles. The molecule has 0 aromatic rings. The van der Waals surface area contributed by atoms with E-state index >= 15 is 0 Å². The third kappa shape index (κ3) is 4.70. The smallest absolute Gasteiger partial charge is 0.317 e. The van der Waals surface area contributed by atoms with Crippen molar-refractivity contribution < 1.29 is 4.79 Å². The number of carbonyl (C=O) groups is 1. The van der Waals surface area contributed by atoms with Gasteiger partial charge in [-0.1, -0.05) is 33.1 Å². The molecule has 0 atom stereocenters. The Labute approximate surface area is 118 Å². The molecule has 1 saturated heterocycles. The second kappa shape index (κ2) is 7.16. The van der Waals surface area contributed by atoms with Gasteiger partial charge in [0, 0.05) is 19.1 Å². The first-order valence-electron chi connectivity index (χ1n) is 8.20. The molecule has 2 amide bonds. The van der Waals surface area contributed by atoms with E-state index in [4.69, 9.17) is 0 Å². The van der Waals surface area contributed by atoms with Crippen LogP contribution in [-0.4, -0.2) is 30.1 Å². The van der Waals surface area contributed by atoms with Crippen molar-refractivity contribution in [1.82, 2.24) is 10.2 Å². The topological polar surface area (TPSA) is 32.3 Å². The van der Waals surface area contributed by atoms with Crippen molar-refractivity contribution in [3.8, 4) is 0 Å². The molecular weight excluding hydrogens is 236 g/mol. The predicted molar refractivity (Wildman–Crippen MR) is 79.2 cm³/mol. The maximum Gasteiger partial charge on any atom is 0.317 e. The van der Waals surface area contributed by atoms with Gasteiger partial charge in [-0.05, 0) is 43.9 Å². The number of nitrogens with zero attached hydrogens (tertiary/aromatic N) is 1. The van der Waals surface area contributed by atoms with E-state index in [9.17, 15) is 4.79 Å². The summed E-state index contributed by atoms with van der Waals surface area (Å²) in [5.74, 6) is 1.62. The van der Waals surface area contributed by atoms with Crippen molar-refractivity contribution in [3.05, 3.63) is 0 Å². The molecule has 0 bridgehead atoms. The number of rotatable bonds is 3. The first-order valence-corrected chi connectivity index (χ1v) is 8.20. The summed E-state index contributed by atoms with van der Waals surface area (Å²) in [7, 11) is 0. The number of hydrogen-bond donors (Lipinski definition) is 1. The predicted octanol–water partition coefficient (Wildman–Crippen LogP) is 3.79. The Kier molecular flexibility index (Phi) is 5.53. The lowest BCUT2D eigenvalue weighted by Gasteiger charge is -2.34. The molecule has 2 aliphatic rings. The molecule has 3 nitrogen and oxygen atoms in total. The highest BCUT2D eigenvalue weighted by Crippen LogP contribution is 2.24. The van der Waals surface area contributed by atoms with Gasteiger partial charge in [0.15, 0.2) is 0 Å². The maximum absolute atomic E-state index is 12.2. The minimum atomic E-state index is 0.190. The highest BCUT2D eigenvalue weighted by Gasteiger charge is 2.25. The van der Waals surface area contributed by atoms with Crippen LogP contribution in [0.25, 0.3) is 0 Å². The van der Waals surface area contributed by atoms with Gasteiger partial charge < -0.3 is 10.2 Å². The molecule has 3 heteroatoms. The van der Waals surface area contributed by atoms with Crippen LogP contribution in [0.4, 0.5) is 4.79 Å². The van der Waals surface area contributed by atoms with Crippen LogP contribution in [0.5, 0.6) is 0 Å². The van der Waals surface area contributed by atoms with E-state index in [0.29, 0.717) is 6.04 Å². The fraction of sp³-hybridized carbons (Fsp3) is 0.938. The highest BCUT2D eigenvalue weighted by molar-refractivity contribution is 5.74. The Morgan fingerprint density at radius 3 is 2.32 bits per heavy atom. The van der Waals surface area contributed by atoms with Gasteiger partial charge in [0.2, 0.25) is 0 Å². The zero-order chi connectivity index (χ0) is 13.7. The highest BCUT2D eigenvalue weighted by atomic mass is 16.2. The van der Waals surface area contributed by atoms with Crippen molar-refractivity contribution in [3.63, 3.8) is 0 Å². The molecule has 1 aliphatic carbocycles. The average molecular weight is 266 g/mol. The number of likely N-dealkylation sites (tertiary alicyclic amines) is 1. The summed E-state index contributed by atoms with van der Waals surface area (Å²) in [6.07, 6.45) is 9.95. The fourth-order valence-corrected chi connectivity index (χ4v) is 3.55. The Hall–Kier alpha value is -0.730. The Bertz CT molecular complexity index is 276. The Morgan fingerprint density at radius 1 is 1.11 bits per heavy atom. The summed E-state index contributed by atoms with van der Waals surface area (Å²) in [5.41, 5.74) is 0. The van der Waals surface area contributed by atoms with E-state index in [-0.39, 0.29) is 6.03 Å². The average Bonchev–Trinajstić information content (AvgIpc) is 2.40. The third-order valence-corrected chi connectivity index (χ3v) is 4.64. The summed E-state index contributed by atoms with van der Waals surface area (Å²) in [4.78, 5) is 14.2. The first kappa shape index (κ1) is 14.7. The van der Waals surface area contributed by atoms with Crippen molar-refractivity contribution in [2.24, 2.45) is 11.8 Å². The molecule has 0 spiro atoms. The van der Waals surface area contributed by atoms with Gasteiger partial charge >= 0.3 is 6.03 Å². The van der Waals surface area contributed by atoms with Gasteiger partial charge in [-0.25, -0.2) is 4.79 Å². The molecule has 2 fully saturated rings. The first-order chi connectivity index (χ1) is 9.15. The number of amides is 2. The van der Waals surface area contributed by atoms with Crippen LogP contribution in [-0.2, 0) is 0 Å². The van der Waals surface area contributed by atoms with E-state index in [1.165, 1.54) is 51.4 Å². The monoisotopic (exact) mass is 266 g/mol. The summed E-state index contributed by atoms with van der Waals surface area (Å²) in [6.45, 7) is 6.50. The number of piperidine rings is 1. The molecular formula is C16H30N2O. The number of hydrogen-bond acceptors (Lipinski definition) is 1. The second-order valence-electron chi connectivity index (χ2n) is 6.84. The Balaban J connectivity index is 1.69. The summed E-state index contributed by atoms with van der Waals surface area (Å²) >= 11 is 0. The largest absolute Gasteiger partial charge is 0.335 e. The van der Waals surface area contributed by atoms with Crippen LogP contribution < -0.4 is 5.32 Å². The molecule has 1 heterocycles. The molecule has 2 rings (SSSR count). The number of urea groups is 1. The van der Waals surface area contributed by atoms with Crippen molar-refractivity contribution in [2.75, 3.05) is 13.1 Å². The van der Waals surface area contributed by atoms with Crippen LogP contribution in [0, 0.1) is 11.8 Å². The summed E-state index contributed by atoms with van der Waals surface area (Å²) in [5, 5.41) is 3.23. The molecule has 19 heavy (non-hydrogen) atoms. The summed E-state index contributed by atoms with van der Waals surface area (Å²) in [6, 6.07) is 0.629. The van der Waals surface area contributed by atoms with E-state index in [2.05, 4.69) is 19.2 Å². The van der Waals surface area contributed by atoms with Gasteiger partial charge in [-0.15, -0.1) is 0 Å².